The van der Waals surface area contributed by atoms with Gasteiger partial charge in [-0.1, -0.05) is 42.5 Å². The Balaban J connectivity index is 2.16. The Morgan fingerprint density at radius 1 is 0.947 bits per heavy atom. The van der Waals surface area contributed by atoms with Crippen LogP contribution in [0, 0.1) is 0 Å². The Hall–Kier alpha value is -2.00. The van der Waals surface area contributed by atoms with Crippen LogP contribution in [0.3, 0.4) is 0 Å². The fourth-order valence-corrected chi connectivity index (χ4v) is 2.40. The zero-order valence-electron chi connectivity index (χ0n) is 10.2. The third kappa shape index (κ3) is 2.29. The maximum atomic E-state index is 12.4. The van der Waals surface area contributed by atoms with Crippen LogP contribution < -0.4 is 5.43 Å². The summed E-state index contributed by atoms with van der Waals surface area (Å²) in [7, 11) is 0. The topological polar surface area (TPSA) is 30.2 Å². The van der Waals surface area contributed by atoms with Crippen molar-refractivity contribution in [3.05, 3.63) is 75.9 Å². The first-order valence-electron chi connectivity index (χ1n) is 6.03. The van der Waals surface area contributed by atoms with Crippen molar-refractivity contribution < 1.29 is 4.42 Å². The Bertz CT molecular complexity index is 776. The molecule has 0 saturated heterocycles. The van der Waals surface area contributed by atoms with E-state index in [0.717, 1.165) is 5.56 Å². The lowest BCUT2D eigenvalue weighted by Crippen LogP contribution is -2.10. The summed E-state index contributed by atoms with van der Waals surface area (Å²) in [5.41, 5.74) is 2.25. The number of para-hydroxylation sites is 1. The molecule has 0 fully saturated rings. The molecule has 3 aromatic rings. The molecule has 0 unspecified atom stereocenters. The average Bonchev–Trinajstić information content (AvgIpc) is 2.45. The van der Waals surface area contributed by atoms with Gasteiger partial charge in [0.05, 0.1) is 10.9 Å². The molecular weight excluding hydrogens is 256 g/mol. The molecule has 1 aromatic heterocycles. The molecule has 0 saturated carbocycles. The minimum absolute atomic E-state index is 0.00398. The molecule has 0 atom stereocenters. The van der Waals surface area contributed by atoms with Crippen LogP contribution in [0.15, 0.2) is 68.9 Å². The number of rotatable bonds is 2. The van der Waals surface area contributed by atoms with E-state index >= 15 is 0 Å². The molecule has 3 rings (SSSR count). The van der Waals surface area contributed by atoms with Crippen LogP contribution in [0.5, 0.6) is 0 Å². The van der Waals surface area contributed by atoms with Crippen molar-refractivity contribution >= 4 is 23.6 Å². The smallest absolute Gasteiger partial charge is 0.197 e. The molecule has 0 spiro atoms. The number of benzene rings is 2. The molecule has 3 heteroatoms. The Morgan fingerprint density at radius 3 is 2.42 bits per heavy atom. The summed E-state index contributed by atoms with van der Waals surface area (Å²) in [6.45, 7) is 0. The van der Waals surface area contributed by atoms with E-state index in [1.165, 1.54) is 0 Å². The highest BCUT2D eigenvalue weighted by molar-refractivity contribution is 7.80. The minimum atomic E-state index is -0.00398. The highest BCUT2D eigenvalue weighted by atomic mass is 32.1. The number of thiol groups is 1. The van der Waals surface area contributed by atoms with E-state index in [-0.39, 0.29) is 5.43 Å². The quantitative estimate of drug-likeness (QED) is 0.719. The van der Waals surface area contributed by atoms with Gasteiger partial charge in [0, 0.05) is 6.42 Å². The van der Waals surface area contributed by atoms with E-state index in [9.17, 15) is 4.79 Å². The van der Waals surface area contributed by atoms with Gasteiger partial charge >= 0.3 is 0 Å². The fraction of sp³-hybridized carbons (Fsp3) is 0.0625. The van der Waals surface area contributed by atoms with E-state index < -0.39 is 0 Å². The number of hydrogen-bond acceptors (Lipinski definition) is 3. The summed E-state index contributed by atoms with van der Waals surface area (Å²) >= 11 is 4.31. The molecular formula is C16H12O2S. The van der Waals surface area contributed by atoms with Crippen LogP contribution in [-0.2, 0) is 6.42 Å². The van der Waals surface area contributed by atoms with Gasteiger partial charge in [-0.2, -0.15) is 0 Å². The summed E-state index contributed by atoms with van der Waals surface area (Å²) in [6, 6.07) is 17.1. The van der Waals surface area contributed by atoms with Crippen molar-refractivity contribution in [3.8, 4) is 0 Å². The number of fused-ring (bicyclic) bond motifs is 1. The van der Waals surface area contributed by atoms with Gasteiger partial charge in [-0.15, -0.1) is 12.6 Å². The third-order valence-electron chi connectivity index (χ3n) is 3.09. The zero-order valence-corrected chi connectivity index (χ0v) is 11.1. The largest absolute Gasteiger partial charge is 0.450 e. The van der Waals surface area contributed by atoms with Crippen molar-refractivity contribution in [1.29, 1.82) is 0 Å². The summed E-state index contributed by atoms with van der Waals surface area (Å²) in [5.74, 6) is 0. The van der Waals surface area contributed by atoms with Gasteiger partial charge in [-0.05, 0) is 17.7 Å². The van der Waals surface area contributed by atoms with Gasteiger partial charge < -0.3 is 4.42 Å². The molecule has 0 N–H and O–H groups in total. The first-order chi connectivity index (χ1) is 9.25. The minimum Gasteiger partial charge on any atom is -0.450 e. The summed E-state index contributed by atoms with van der Waals surface area (Å²) in [5, 5.41) is 0.999. The van der Waals surface area contributed by atoms with Crippen molar-refractivity contribution in [2.45, 2.75) is 11.5 Å². The maximum Gasteiger partial charge on any atom is 0.197 e. The highest BCUT2D eigenvalue weighted by Gasteiger charge is 2.12. The number of hydrogen-bond donors (Lipinski definition) is 1. The lowest BCUT2D eigenvalue weighted by atomic mass is 10.1. The van der Waals surface area contributed by atoms with Gasteiger partial charge in [0.1, 0.15) is 5.58 Å². The molecule has 1 heterocycles. The molecule has 2 nitrogen and oxygen atoms in total. The van der Waals surface area contributed by atoms with Gasteiger partial charge in [-0.3, -0.25) is 4.79 Å². The van der Waals surface area contributed by atoms with Crippen molar-refractivity contribution in [2.24, 2.45) is 0 Å². The molecule has 0 aliphatic rings. The van der Waals surface area contributed by atoms with Gasteiger partial charge in [-0.25, -0.2) is 0 Å². The van der Waals surface area contributed by atoms with E-state index in [1.54, 1.807) is 12.1 Å². The maximum absolute atomic E-state index is 12.4. The second-order valence-electron chi connectivity index (χ2n) is 4.37. The van der Waals surface area contributed by atoms with Gasteiger partial charge in [0.15, 0.2) is 10.5 Å². The predicted molar refractivity (Wildman–Crippen MR) is 79.0 cm³/mol. The lowest BCUT2D eigenvalue weighted by molar-refractivity contribution is 0.491. The molecule has 0 aliphatic heterocycles. The zero-order chi connectivity index (χ0) is 13.2. The third-order valence-corrected chi connectivity index (χ3v) is 3.46. The van der Waals surface area contributed by atoms with Crippen LogP contribution in [0.25, 0.3) is 11.0 Å². The normalized spacial score (nSPS) is 10.8. The monoisotopic (exact) mass is 268 g/mol. The van der Waals surface area contributed by atoms with Crippen molar-refractivity contribution in [1.82, 2.24) is 0 Å². The molecule has 0 radical (unpaired) electrons. The molecule has 0 aliphatic carbocycles. The van der Waals surface area contributed by atoms with Crippen LogP contribution in [0.1, 0.15) is 11.1 Å². The Labute approximate surface area is 116 Å². The first kappa shape index (κ1) is 12.1. The summed E-state index contributed by atoms with van der Waals surface area (Å²) < 4.78 is 5.61. The molecule has 2 aromatic carbocycles. The SMILES string of the molecule is O=c1c(Cc2ccccc2)c(S)oc2ccccc12. The lowest BCUT2D eigenvalue weighted by Gasteiger charge is -2.06. The van der Waals surface area contributed by atoms with Crippen LogP contribution in [-0.4, -0.2) is 0 Å². The van der Waals surface area contributed by atoms with Crippen LogP contribution in [0.2, 0.25) is 0 Å². The van der Waals surface area contributed by atoms with E-state index in [1.807, 2.05) is 42.5 Å². The predicted octanol–water partition coefficient (Wildman–Crippen LogP) is 3.67. The Kier molecular flexibility index (Phi) is 3.13. The van der Waals surface area contributed by atoms with Crippen LogP contribution >= 0.6 is 12.6 Å². The van der Waals surface area contributed by atoms with Crippen LogP contribution in [0.4, 0.5) is 0 Å². The summed E-state index contributed by atoms with van der Waals surface area (Å²) in [6.07, 6.45) is 0.535. The van der Waals surface area contributed by atoms with Gasteiger partial charge in [0.2, 0.25) is 0 Å². The molecule has 0 bridgehead atoms. The first-order valence-corrected chi connectivity index (χ1v) is 6.48. The molecule has 19 heavy (non-hydrogen) atoms. The van der Waals surface area contributed by atoms with Crippen molar-refractivity contribution in [2.75, 3.05) is 0 Å². The van der Waals surface area contributed by atoms with E-state index in [2.05, 4.69) is 12.6 Å². The highest BCUT2D eigenvalue weighted by Crippen LogP contribution is 2.20. The second-order valence-corrected chi connectivity index (χ2v) is 4.78. The molecule has 94 valence electrons. The Morgan fingerprint density at radius 2 is 1.63 bits per heavy atom. The standard InChI is InChI=1S/C16H12O2S/c17-15-12-8-4-5-9-14(12)18-16(19)13(15)10-11-6-2-1-3-7-11/h1-9,19H,10H2. The van der Waals surface area contributed by atoms with E-state index in [0.29, 0.717) is 28.0 Å². The second kappa shape index (κ2) is 4.94. The van der Waals surface area contributed by atoms with E-state index in [4.69, 9.17) is 4.42 Å². The van der Waals surface area contributed by atoms with Gasteiger partial charge in [0.25, 0.3) is 0 Å². The van der Waals surface area contributed by atoms with Crippen molar-refractivity contribution in [3.63, 3.8) is 0 Å². The average molecular weight is 268 g/mol. The summed E-state index contributed by atoms with van der Waals surface area (Å²) in [4.78, 5) is 12.4. The molecule has 0 amide bonds. The fourth-order valence-electron chi connectivity index (χ4n) is 2.12.